The monoisotopic (exact) mass is 472 g/mol. The number of esters is 2. The van der Waals surface area contributed by atoms with Crippen LogP contribution in [0.15, 0.2) is 71.2 Å². The lowest BCUT2D eigenvalue weighted by Gasteiger charge is -2.36. The zero-order chi connectivity index (χ0) is 25.3. The number of hydrogen-bond acceptors (Lipinski definition) is 8. The van der Waals surface area contributed by atoms with E-state index >= 15 is 0 Å². The van der Waals surface area contributed by atoms with Crippen LogP contribution in [-0.2, 0) is 25.5 Å². The number of benzene rings is 2. The maximum Gasteiger partial charge on any atom is 0.355 e. The Morgan fingerprint density at radius 3 is 2.40 bits per heavy atom. The van der Waals surface area contributed by atoms with Gasteiger partial charge < -0.3 is 20.1 Å². The molecule has 0 aliphatic carbocycles. The molecule has 0 bridgehead atoms. The molecule has 9 nitrogen and oxygen atoms in total. The van der Waals surface area contributed by atoms with Gasteiger partial charge in [-0.05, 0) is 29.7 Å². The Kier molecular flexibility index (Phi) is 6.30. The van der Waals surface area contributed by atoms with Crippen molar-refractivity contribution in [1.82, 2.24) is 4.90 Å². The Bertz CT molecular complexity index is 1320. The van der Waals surface area contributed by atoms with E-state index in [0.29, 0.717) is 29.8 Å². The van der Waals surface area contributed by atoms with Crippen molar-refractivity contribution in [2.75, 3.05) is 32.7 Å². The third-order valence-electron chi connectivity index (χ3n) is 6.26. The van der Waals surface area contributed by atoms with Crippen LogP contribution in [0, 0.1) is 11.3 Å². The van der Waals surface area contributed by atoms with Crippen LogP contribution < -0.4 is 10.6 Å². The van der Waals surface area contributed by atoms with Gasteiger partial charge in [-0.1, -0.05) is 36.4 Å². The van der Waals surface area contributed by atoms with Crippen LogP contribution in [0.2, 0.25) is 0 Å². The second-order valence-corrected chi connectivity index (χ2v) is 8.15. The van der Waals surface area contributed by atoms with Gasteiger partial charge in [0, 0.05) is 24.8 Å². The fourth-order valence-electron chi connectivity index (χ4n) is 4.50. The summed E-state index contributed by atoms with van der Waals surface area (Å²) in [6.07, 6.45) is 0.676. The normalized spacial score (nSPS) is 17.7. The highest BCUT2D eigenvalue weighted by Gasteiger charge is 2.43. The molecule has 1 atom stereocenters. The standard InChI is InChI=1S/C26H24N4O5/c1-29-12-11-15-9-10-17(13-18(15)24(29)31)30-22(26(33)35-3)21(25(32)34-2)20(19(14-27)23(30)28)16-7-5-4-6-8-16/h4-10,13,20H,11-12,28H2,1-3H3. The number of methoxy groups -OCH3 is 2. The maximum absolute atomic E-state index is 13.1. The molecule has 0 saturated carbocycles. The Labute approximate surface area is 202 Å². The van der Waals surface area contributed by atoms with Crippen molar-refractivity contribution >= 4 is 23.5 Å². The number of nitrogens with zero attached hydrogens (tertiary/aromatic N) is 3. The van der Waals surface area contributed by atoms with Gasteiger partial charge in [0.1, 0.15) is 11.5 Å². The van der Waals surface area contributed by atoms with Gasteiger partial charge in [0.25, 0.3) is 5.91 Å². The molecule has 2 aromatic rings. The minimum atomic E-state index is -0.954. The largest absolute Gasteiger partial charge is 0.466 e. The number of anilines is 1. The highest BCUT2D eigenvalue weighted by Crippen LogP contribution is 2.43. The summed E-state index contributed by atoms with van der Waals surface area (Å²) < 4.78 is 10.1. The van der Waals surface area contributed by atoms with E-state index in [9.17, 15) is 19.6 Å². The molecule has 0 spiro atoms. The number of rotatable bonds is 4. The van der Waals surface area contributed by atoms with E-state index in [1.54, 1.807) is 60.5 Å². The smallest absolute Gasteiger partial charge is 0.355 e. The topological polar surface area (TPSA) is 126 Å². The molecule has 0 saturated heterocycles. The molecule has 0 fully saturated rings. The van der Waals surface area contributed by atoms with Crippen molar-refractivity contribution in [2.24, 2.45) is 5.73 Å². The predicted octanol–water partition coefficient (Wildman–Crippen LogP) is 2.21. The highest BCUT2D eigenvalue weighted by atomic mass is 16.5. The SMILES string of the molecule is COC(=O)C1=C(C(=O)OC)N(c2ccc3c(c2)C(=O)N(C)CC3)C(N)=C(C#N)C1c1ccccc1. The number of amides is 1. The van der Waals surface area contributed by atoms with Crippen molar-refractivity contribution in [3.63, 3.8) is 0 Å². The summed E-state index contributed by atoms with van der Waals surface area (Å²) in [6.45, 7) is 0.591. The minimum Gasteiger partial charge on any atom is -0.466 e. The molecule has 178 valence electrons. The quantitative estimate of drug-likeness (QED) is 0.672. The predicted molar refractivity (Wildman–Crippen MR) is 127 cm³/mol. The molecule has 0 aromatic heterocycles. The van der Waals surface area contributed by atoms with E-state index in [4.69, 9.17) is 15.2 Å². The zero-order valence-electron chi connectivity index (χ0n) is 19.6. The number of hydrogen-bond donors (Lipinski definition) is 1. The van der Waals surface area contributed by atoms with Crippen LogP contribution in [0.3, 0.4) is 0 Å². The lowest BCUT2D eigenvalue weighted by atomic mass is 9.81. The highest BCUT2D eigenvalue weighted by molar-refractivity contribution is 6.07. The van der Waals surface area contributed by atoms with Gasteiger partial charge in [0.05, 0.1) is 37.4 Å². The second-order valence-electron chi connectivity index (χ2n) is 8.15. The zero-order valence-corrected chi connectivity index (χ0v) is 19.6. The number of carbonyl (C=O) groups excluding carboxylic acids is 3. The van der Waals surface area contributed by atoms with Crippen molar-refractivity contribution < 1.29 is 23.9 Å². The van der Waals surface area contributed by atoms with Gasteiger partial charge in [-0.25, -0.2) is 9.59 Å². The fraction of sp³-hybridized carbons (Fsp3) is 0.231. The molecular formula is C26H24N4O5. The third-order valence-corrected chi connectivity index (χ3v) is 6.26. The number of allylic oxidation sites excluding steroid dienone is 1. The Morgan fingerprint density at radius 1 is 1.09 bits per heavy atom. The van der Waals surface area contributed by atoms with Gasteiger partial charge >= 0.3 is 11.9 Å². The Balaban J connectivity index is 2.03. The summed E-state index contributed by atoms with van der Waals surface area (Å²) in [6, 6.07) is 16.0. The van der Waals surface area contributed by atoms with Gasteiger partial charge in [-0.2, -0.15) is 5.26 Å². The summed E-state index contributed by atoms with van der Waals surface area (Å²) in [7, 11) is 4.09. The molecule has 1 amide bonds. The van der Waals surface area contributed by atoms with Gasteiger partial charge in [0.2, 0.25) is 0 Å². The molecule has 4 rings (SSSR count). The molecule has 2 aromatic carbocycles. The molecule has 2 N–H and O–H groups in total. The number of nitrogens with two attached hydrogens (primary N) is 1. The summed E-state index contributed by atoms with van der Waals surface area (Å²) in [4.78, 5) is 42.0. The van der Waals surface area contributed by atoms with Gasteiger partial charge in [-0.3, -0.25) is 9.69 Å². The van der Waals surface area contributed by atoms with Crippen molar-refractivity contribution in [1.29, 1.82) is 5.26 Å². The van der Waals surface area contributed by atoms with E-state index < -0.39 is 17.9 Å². The van der Waals surface area contributed by atoms with E-state index in [1.807, 2.05) is 0 Å². The van der Waals surface area contributed by atoms with Crippen LogP contribution in [0.1, 0.15) is 27.4 Å². The lowest BCUT2D eigenvalue weighted by Crippen LogP contribution is -2.41. The van der Waals surface area contributed by atoms with Crippen molar-refractivity contribution in [3.05, 3.63) is 87.9 Å². The van der Waals surface area contributed by atoms with E-state index in [-0.39, 0.29) is 28.6 Å². The summed E-state index contributed by atoms with van der Waals surface area (Å²) in [5.74, 6) is -2.83. The van der Waals surface area contributed by atoms with Gasteiger partial charge in [-0.15, -0.1) is 0 Å². The minimum absolute atomic E-state index is 0.0500. The van der Waals surface area contributed by atoms with Crippen LogP contribution in [-0.4, -0.2) is 50.6 Å². The van der Waals surface area contributed by atoms with Crippen LogP contribution in [0.4, 0.5) is 5.69 Å². The van der Waals surface area contributed by atoms with Gasteiger partial charge in [0.15, 0.2) is 0 Å². The van der Waals surface area contributed by atoms with Crippen molar-refractivity contribution in [2.45, 2.75) is 12.3 Å². The molecule has 0 radical (unpaired) electrons. The molecular weight excluding hydrogens is 448 g/mol. The average Bonchev–Trinajstić information content (AvgIpc) is 2.89. The first kappa shape index (κ1) is 23.6. The average molecular weight is 473 g/mol. The number of ether oxygens (including phenoxy) is 2. The first-order valence-corrected chi connectivity index (χ1v) is 10.9. The Morgan fingerprint density at radius 2 is 1.77 bits per heavy atom. The van der Waals surface area contributed by atoms with Crippen molar-refractivity contribution in [3.8, 4) is 6.07 Å². The molecule has 35 heavy (non-hydrogen) atoms. The second kappa shape index (κ2) is 9.35. The molecule has 2 aliphatic rings. The molecule has 2 aliphatic heterocycles. The maximum atomic E-state index is 13.1. The number of likely N-dealkylation sites (N-methyl/N-ethyl adjacent to an activating group) is 1. The van der Waals surface area contributed by atoms with Crippen LogP contribution >= 0.6 is 0 Å². The molecule has 1 unspecified atom stereocenters. The number of fused-ring (bicyclic) bond motifs is 1. The number of carbonyl (C=O) groups is 3. The summed E-state index contributed by atoms with van der Waals surface area (Å²) in [5, 5.41) is 10.1. The van der Waals surface area contributed by atoms with E-state index in [0.717, 1.165) is 5.56 Å². The third kappa shape index (κ3) is 3.89. The molecule has 9 heteroatoms. The number of nitriles is 1. The van der Waals surface area contributed by atoms with Crippen LogP contribution in [0.25, 0.3) is 0 Å². The van der Waals surface area contributed by atoms with E-state index in [1.165, 1.54) is 19.1 Å². The fourth-order valence-corrected chi connectivity index (χ4v) is 4.50. The lowest BCUT2D eigenvalue weighted by molar-refractivity contribution is -0.139. The molecule has 2 heterocycles. The summed E-state index contributed by atoms with van der Waals surface area (Å²) in [5.41, 5.74) is 8.54. The first-order chi connectivity index (χ1) is 16.8. The first-order valence-electron chi connectivity index (χ1n) is 10.9. The summed E-state index contributed by atoms with van der Waals surface area (Å²) >= 11 is 0. The van der Waals surface area contributed by atoms with Crippen LogP contribution in [0.5, 0.6) is 0 Å². The Hall–Kier alpha value is -4.58. The van der Waals surface area contributed by atoms with E-state index in [2.05, 4.69) is 6.07 Å².